The lowest BCUT2D eigenvalue weighted by Gasteiger charge is -2.20. The molecule has 0 N–H and O–H groups in total. The molecule has 0 aliphatic heterocycles. The van der Waals surface area contributed by atoms with E-state index in [0.29, 0.717) is 0 Å². The fourth-order valence-corrected chi connectivity index (χ4v) is 4.61. The molecule has 2 aromatic rings. The van der Waals surface area contributed by atoms with Gasteiger partial charge in [-0.25, -0.2) is 0 Å². The zero-order valence-electron chi connectivity index (χ0n) is 13.4. The van der Waals surface area contributed by atoms with E-state index in [-0.39, 0.29) is 30.7 Å². The Morgan fingerprint density at radius 1 is 0.714 bits per heavy atom. The molecule has 0 atom stereocenters. The maximum absolute atomic E-state index is 13.6. The van der Waals surface area contributed by atoms with Gasteiger partial charge in [0.2, 0.25) is 0 Å². The zero-order chi connectivity index (χ0) is 21.4. The smallest absolute Gasteiger partial charge is 0.289 e. The molecule has 11 heteroatoms. The average molecular weight is 662 g/mol. The minimum atomic E-state index is -4.93. The van der Waals surface area contributed by atoms with Crippen molar-refractivity contribution in [3.8, 4) is 0 Å². The Kier molecular flexibility index (Phi) is 7.48. The molecule has 0 aromatic heterocycles. The van der Waals surface area contributed by atoms with E-state index in [4.69, 9.17) is 0 Å². The van der Waals surface area contributed by atoms with Gasteiger partial charge in [0.05, 0.1) is 11.1 Å². The summed E-state index contributed by atoms with van der Waals surface area (Å²) in [6, 6.07) is 4.08. The Morgan fingerprint density at radius 2 is 1.04 bits per heavy atom. The van der Waals surface area contributed by atoms with E-state index in [2.05, 4.69) is 63.7 Å². The number of ketones is 1. The number of alkyl halides is 8. The number of rotatable bonds is 4. The van der Waals surface area contributed by atoms with Crippen LogP contribution in [0.1, 0.15) is 38.2 Å². The van der Waals surface area contributed by atoms with Gasteiger partial charge in [0.1, 0.15) is 0 Å². The predicted molar refractivity (Wildman–Crippen MR) is 107 cm³/mol. The Hall–Kier alpha value is -0.390. The Morgan fingerprint density at radius 3 is 1.29 bits per heavy atom. The molecular weight excluding hydrogens is 654 g/mol. The lowest BCUT2D eigenvalue weighted by atomic mass is 9.90. The summed E-state index contributed by atoms with van der Waals surface area (Å²) in [5, 5.41) is -0.475. The van der Waals surface area contributed by atoms with Gasteiger partial charge in [0.15, 0.2) is 5.78 Å². The molecule has 2 aromatic carbocycles. The van der Waals surface area contributed by atoms with Crippen LogP contribution in [0.3, 0.4) is 0 Å². The van der Waals surface area contributed by atoms with Crippen molar-refractivity contribution in [1.82, 2.24) is 0 Å². The van der Waals surface area contributed by atoms with Crippen LogP contribution in [0.15, 0.2) is 33.2 Å². The van der Waals surface area contributed by atoms with Crippen molar-refractivity contribution >= 4 is 69.5 Å². The van der Waals surface area contributed by atoms with Gasteiger partial charge in [-0.15, -0.1) is 0 Å². The molecular formula is C17H8Br4F6O. The van der Waals surface area contributed by atoms with Crippen molar-refractivity contribution in [3.05, 3.63) is 66.6 Å². The van der Waals surface area contributed by atoms with Crippen LogP contribution in [0.25, 0.3) is 0 Å². The second-order valence-electron chi connectivity index (χ2n) is 5.57. The molecule has 2 rings (SSSR count). The fourth-order valence-electron chi connectivity index (χ4n) is 2.71. The highest BCUT2D eigenvalue weighted by molar-refractivity contribution is 9.11. The molecule has 0 fully saturated rings. The summed E-state index contributed by atoms with van der Waals surface area (Å²) in [5.74, 6) is -1.37. The van der Waals surface area contributed by atoms with Crippen molar-refractivity contribution in [2.45, 2.75) is 23.0 Å². The first-order chi connectivity index (χ1) is 12.8. The first-order valence-corrected chi connectivity index (χ1v) is 11.1. The van der Waals surface area contributed by atoms with Crippen LogP contribution >= 0.6 is 63.7 Å². The van der Waals surface area contributed by atoms with Crippen LogP contribution in [0, 0.1) is 0 Å². The molecule has 0 saturated heterocycles. The van der Waals surface area contributed by atoms with E-state index < -0.39 is 40.4 Å². The number of halogens is 10. The third kappa shape index (κ3) is 5.02. The Bertz CT molecular complexity index is 848. The van der Waals surface area contributed by atoms with Gasteiger partial charge in [0, 0.05) is 30.7 Å². The first kappa shape index (κ1) is 23.9. The quantitative estimate of drug-likeness (QED) is 0.183. The lowest BCUT2D eigenvalue weighted by molar-refractivity contribution is -0.138. The molecule has 152 valence electrons. The second kappa shape index (κ2) is 8.77. The van der Waals surface area contributed by atoms with Gasteiger partial charge in [-0.2, -0.15) is 26.3 Å². The molecule has 0 saturated carbocycles. The molecule has 0 heterocycles. The molecule has 28 heavy (non-hydrogen) atoms. The van der Waals surface area contributed by atoms with Crippen LogP contribution in [-0.2, 0) is 23.0 Å². The summed E-state index contributed by atoms with van der Waals surface area (Å²) >= 11 is 11.9. The third-order valence-electron chi connectivity index (χ3n) is 3.71. The van der Waals surface area contributed by atoms with Gasteiger partial charge < -0.3 is 0 Å². The minimum absolute atomic E-state index is 0.141. The molecule has 0 bridgehead atoms. The van der Waals surface area contributed by atoms with E-state index in [1.54, 1.807) is 0 Å². The zero-order valence-corrected chi connectivity index (χ0v) is 19.8. The molecule has 0 unspecified atom stereocenters. The largest absolute Gasteiger partial charge is 0.417 e. The van der Waals surface area contributed by atoms with Gasteiger partial charge in [0.25, 0.3) is 0 Å². The van der Waals surface area contributed by atoms with E-state index in [1.165, 1.54) is 0 Å². The van der Waals surface area contributed by atoms with Gasteiger partial charge in [-0.1, -0.05) is 63.7 Å². The molecule has 0 amide bonds. The van der Waals surface area contributed by atoms with Crippen molar-refractivity contribution in [2.75, 3.05) is 0 Å². The van der Waals surface area contributed by atoms with Crippen LogP contribution in [0.2, 0.25) is 0 Å². The summed E-state index contributed by atoms with van der Waals surface area (Å²) in [4.78, 5) is 12.9. The van der Waals surface area contributed by atoms with Crippen molar-refractivity contribution < 1.29 is 31.1 Å². The third-order valence-corrected chi connectivity index (χ3v) is 5.84. The Labute approximate surface area is 189 Å². The SMILES string of the molecule is O=C(c1cc(Br)cc(CBr)c1C(F)(F)F)c1cc(Br)cc(CBr)c1C(F)(F)F. The number of carbonyl (C=O) groups is 1. The monoisotopic (exact) mass is 658 g/mol. The highest BCUT2D eigenvalue weighted by Crippen LogP contribution is 2.42. The molecule has 1 nitrogen and oxygen atoms in total. The summed E-state index contributed by atoms with van der Waals surface area (Å²) in [6.07, 6.45) is -9.87. The topological polar surface area (TPSA) is 17.1 Å². The molecule has 0 spiro atoms. The Balaban J connectivity index is 2.89. The second-order valence-corrected chi connectivity index (χ2v) is 8.52. The standard InChI is InChI=1S/C17H8Br4F6O/c18-5-7-1-9(20)3-11(13(7)16(22,23)24)15(28)12-4-10(21)2-8(6-19)14(12)17(25,26)27/h1-4H,5-6H2. The number of hydrogen-bond donors (Lipinski definition) is 0. The van der Waals surface area contributed by atoms with Crippen molar-refractivity contribution in [1.29, 1.82) is 0 Å². The molecule has 0 radical (unpaired) electrons. The number of benzene rings is 2. The predicted octanol–water partition coefficient (Wildman–Crippen LogP) is 8.27. The minimum Gasteiger partial charge on any atom is -0.289 e. The summed E-state index contributed by atoms with van der Waals surface area (Å²) in [6.45, 7) is 0. The van der Waals surface area contributed by atoms with Gasteiger partial charge in [-0.3, -0.25) is 4.79 Å². The van der Waals surface area contributed by atoms with Crippen LogP contribution in [0.4, 0.5) is 26.3 Å². The van der Waals surface area contributed by atoms with Crippen molar-refractivity contribution in [3.63, 3.8) is 0 Å². The number of hydrogen-bond acceptors (Lipinski definition) is 1. The van der Waals surface area contributed by atoms with E-state index in [0.717, 1.165) is 24.3 Å². The van der Waals surface area contributed by atoms with Crippen LogP contribution in [0.5, 0.6) is 0 Å². The van der Waals surface area contributed by atoms with Crippen LogP contribution in [-0.4, -0.2) is 5.78 Å². The fraction of sp³-hybridized carbons (Fsp3) is 0.235. The summed E-state index contributed by atoms with van der Waals surface area (Å²) in [5.41, 5.74) is -4.80. The highest BCUT2D eigenvalue weighted by Gasteiger charge is 2.42. The average Bonchev–Trinajstić information content (AvgIpc) is 2.57. The number of carbonyl (C=O) groups excluding carboxylic acids is 1. The van der Waals surface area contributed by atoms with Gasteiger partial charge in [-0.05, 0) is 35.4 Å². The maximum Gasteiger partial charge on any atom is 0.417 e. The van der Waals surface area contributed by atoms with Crippen LogP contribution < -0.4 is 0 Å². The highest BCUT2D eigenvalue weighted by atomic mass is 79.9. The van der Waals surface area contributed by atoms with Crippen molar-refractivity contribution in [2.24, 2.45) is 0 Å². The van der Waals surface area contributed by atoms with Gasteiger partial charge >= 0.3 is 12.4 Å². The normalized spacial score (nSPS) is 12.4. The molecule has 0 aliphatic carbocycles. The summed E-state index contributed by atoms with van der Waals surface area (Å²) in [7, 11) is 0. The van der Waals surface area contributed by atoms with E-state index >= 15 is 0 Å². The lowest BCUT2D eigenvalue weighted by Crippen LogP contribution is -2.20. The summed E-state index contributed by atoms with van der Waals surface area (Å²) < 4.78 is 82.1. The van der Waals surface area contributed by atoms with E-state index in [1.807, 2.05) is 0 Å². The molecule has 0 aliphatic rings. The van der Waals surface area contributed by atoms with E-state index in [9.17, 15) is 31.1 Å². The first-order valence-electron chi connectivity index (χ1n) is 7.27. The maximum atomic E-state index is 13.6.